The van der Waals surface area contributed by atoms with E-state index in [0.717, 1.165) is 85.2 Å². The van der Waals surface area contributed by atoms with Crippen LogP contribution in [-0.4, -0.2) is 139 Å². The second-order valence-corrected chi connectivity index (χ2v) is 23.9. The zero-order valence-electron chi connectivity index (χ0n) is 50.7. The van der Waals surface area contributed by atoms with Crippen molar-refractivity contribution >= 4 is 46.6 Å². The topological polar surface area (TPSA) is 248 Å². The number of β-amino-alcohol motifs (C(OH)–C–C–N with tert-alkyl or cyclic N) is 1. The Labute approximate surface area is 512 Å². The number of likely N-dealkylation sites (tertiary alicyclic amines) is 1. The minimum Gasteiger partial charge on any atom is -0.391 e. The van der Waals surface area contributed by atoms with E-state index >= 15 is 0 Å². The molecule has 3 atom stereocenters. The highest BCUT2D eigenvalue weighted by atomic mass is 32.1. The number of amides is 5. The van der Waals surface area contributed by atoms with Crippen LogP contribution in [0.25, 0.3) is 22.0 Å². The van der Waals surface area contributed by atoms with E-state index in [-0.39, 0.29) is 68.2 Å². The van der Waals surface area contributed by atoms with Gasteiger partial charge in [-0.05, 0) is 111 Å². The van der Waals surface area contributed by atoms with Crippen LogP contribution in [0.4, 0.5) is 14.5 Å². The molecule has 1 saturated heterocycles. The number of benzene rings is 3. The normalized spacial score (nSPS) is 14.4. The number of thiazole rings is 1. The summed E-state index contributed by atoms with van der Waals surface area (Å²) in [5.74, 6) is -1.68. The summed E-state index contributed by atoms with van der Waals surface area (Å²) in [6.45, 7) is 11.4. The number of hydrogen-bond acceptors (Lipinski definition) is 15. The summed E-state index contributed by atoms with van der Waals surface area (Å²) in [4.78, 5) is 83.6. The van der Waals surface area contributed by atoms with Gasteiger partial charge in [0.1, 0.15) is 35.7 Å². The van der Waals surface area contributed by atoms with Crippen molar-refractivity contribution in [2.24, 2.45) is 5.41 Å². The third kappa shape index (κ3) is 20.8. The average Bonchev–Trinajstić information content (AvgIpc) is 3.11. The van der Waals surface area contributed by atoms with E-state index in [1.165, 1.54) is 17.3 Å². The van der Waals surface area contributed by atoms with Crippen LogP contribution in [-0.2, 0) is 54.8 Å². The third-order valence-electron chi connectivity index (χ3n) is 15.2. The van der Waals surface area contributed by atoms with Crippen LogP contribution < -0.4 is 21.3 Å². The van der Waals surface area contributed by atoms with Gasteiger partial charge in [0.2, 0.25) is 23.6 Å². The van der Waals surface area contributed by atoms with E-state index in [9.17, 15) is 37.9 Å². The summed E-state index contributed by atoms with van der Waals surface area (Å²) in [7, 11) is 1.81. The van der Waals surface area contributed by atoms with E-state index < -0.39 is 41.1 Å². The Balaban J connectivity index is 0.696. The molecule has 1 aliphatic rings. The van der Waals surface area contributed by atoms with Gasteiger partial charge < -0.3 is 50.2 Å². The van der Waals surface area contributed by atoms with Gasteiger partial charge in [0.15, 0.2) is 11.6 Å². The van der Waals surface area contributed by atoms with Gasteiger partial charge in [-0.2, -0.15) is 0 Å². The molecule has 5 amide bonds. The minimum atomic E-state index is -0.875. The summed E-state index contributed by atoms with van der Waals surface area (Å²) in [6.07, 6.45) is 11.3. The summed E-state index contributed by atoms with van der Waals surface area (Å²) in [6, 6.07) is 18.2. The smallest absolute Gasteiger partial charge is 0.251 e. The maximum absolute atomic E-state index is 14.1. The van der Waals surface area contributed by atoms with Crippen molar-refractivity contribution in [2.75, 3.05) is 51.9 Å². The monoisotopic (exact) mass is 1220 g/mol. The highest BCUT2D eigenvalue weighted by molar-refractivity contribution is 7.13. The highest BCUT2D eigenvalue weighted by Gasteiger charge is 2.44. The fourth-order valence-electron chi connectivity index (χ4n) is 10.1. The van der Waals surface area contributed by atoms with Crippen LogP contribution in [0, 0.1) is 24.0 Å². The van der Waals surface area contributed by atoms with E-state index in [1.54, 1.807) is 52.8 Å². The number of unbranched alkanes of at least 4 members (excludes halogenated alkanes) is 6. The van der Waals surface area contributed by atoms with Gasteiger partial charge in [-0.1, -0.05) is 70.0 Å². The number of carbonyl (C=O) groups is 5. The molecule has 0 bridgehead atoms. The number of rotatable bonds is 35. The maximum Gasteiger partial charge on any atom is 0.251 e. The van der Waals surface area contributed by atoms with Crippen molar-refractivity contribution in [3.63, 3.8) is 0 Å². The number of carbonyl (C=O) groups excluding carboxylic acids is 5. The first-order chi connectivity index (χ1) is 42.0. The Morgan fingerprint density at radius 2 is 1.47 bits per heavy atom. The van der Waals surface area contributed by atoms with E-state index in [4.69, 9.17) is 9.47 Å². The minimum absolute atomic E-state index is 0.0158. The number of nitrogens with one attached hydrogen (secondary N) is 4. The van der Waals surface area contributed by atoms with Gasteiger partial charge in [-0.15, -0.1) is 21.5 Å². The lowest BCUT2D eigenvalue weighted by Gasteiger charge is -2.35. The van der Waals surface area contributed by atoms with Crippen molar-refractivity contribution in [2.45, 2.75) is 156 Å². The Bertz CT molecular complexity index is 3140. The molecule has 6 aromatic rings. The fraction of sp³-hybridized carbons (Fsp3) is 0.500. The van der Waals surface area contributed by atoms with Gasteiger partial charge in [-0.3, -0.25) is 24.0 Å². The highest BCUT2D eigenvalue weighted by Crippen LogP contribution is 2.29. The molecule has 23 heteroatoms. The number of aliphatic hydroxyl groups excluding tert-OH is 1. The maximum atomic E-state index is 14.1. The lowest BCUT2D eigenvalue weighted by molar-refractivity contribution is -0.144. The molecule has 87 heavy (non-hydrogen) atoms. The molecule has 7 rings (SSSR count). The van der Waals surface area contributed by atoms with Crippen LogP contribution >= 0.6 is 11.3 Å². The second-order valence-electron chi connectivity index (χ2n) is 23.0. The summed E-state index contributed by atoms with van der Waals surface area (Å²) in [5, 5.41) is 31.2. The lowest BCUT2D eigenvalue weighted by Crippen LogP contribution is -2.57. The molecular formula is C64H84F2N12O8S. The third-order valence-corrected chi connectivity index (χ3v) is 16.1. The van der Waals surface area contributed by atoms with Gasteiger partial charge in [0.05, 0.1) is 28.7 Å². The quantitative estimate of drug-likeness (QED) is 0.0233. The number of halogens is 2. The number of ether oxygens (including phenoxy) is 2. The molecule has 0 spiro atoms. The Morgan fingerprint density at radius 3 is 2.13 bits per heavy atom. The molecule has 1 unspecified atom stereocenters. The standard InChI is InChI=1S/C64H84F2N12O8S/c1-44-58(87-43-72-44)46-26-24-45(25-27-46)38-69-62(83)54-37-49(79)41-78(54)63(84)59(64(2,3)4)73-56(80)22-9-6-11-32-85-34-13-8-14-35-86-33-12-7-10-23-57(81)76(5)30-17-31-77-55(74-75-60(77)53-28-29-67-42-71-53)40-68-48-19-15-18-47(36-48)61(82)70-39-50-51(65)20-16-21-52(50)66/h15-16,18-21,24-29,36,42-43,49,54,59,68,79H,6-14,17,22-23,30-35,37-41H2,1-5H3,(H,69,83)(H,70,82)(H,73,80)/t49-,54?,59-/m1/s1. The van der Waals surface area contributed by atoms with Crippen LogP contribution in [0.1, 0.15) is 137 Å². The molecule has 3 aromatic carbocycles. The van der Waals surface area contributed by atoms with Gasteiger partial charge in [-0.25, -0.2) is 23.7 Å². The number of aliphatic hydroxyl groups is 1. The van der Waals surface area contributed by atoms with Crippen molar-refractivity contribution in [3.05, 3.63) is 131 Å². The molecule has 4 heterocycles. The zero-order valence-corrected chi connectivity index (χ0v) is 51.5. The summed E-state index contributed by atoms with van der Waals surface area (Å²) < 4.78 is 41.9. The Kier molecular flexibility index (Phi) is 26.2. The molecular weight excluding hydrogens is 1130 g/mol. The number of hydrogen-bond donors (Lipinski definition) is 5. The summed E-state index contributed by atoms with van der Waals surface area (Å²) >= 11 is 1.58. The van der Waals surface area contributed by atoms with Gasteiger partial charge >= 0.3 is 0 Å². The second kappa shape index (κ2) is 34.1. The van der Waals surface area contributed by atoms with E-state index in [0.29, 0.717) is 87.4 Å². The average molecular weight is 1220 g/mol. The van der Waals surface area contributed by atoms with Gasteiger partial charge in [0.25, 0.3) is 5.91 Å². The largest absolute Gasteiger partial charge is 0.391 e. The van der Waals surface area contributed by atoms with Gasteiger partial charge in [0, 0.05) is 108 Å². The Hall–Kier alpha value is -7.60. The van der Waals surface area contributed by atoms with Crippen molar-refractivity contribution in [3.8, 4) is 22.0 Å². The van der Waals surface area contributed by atoms with Crippen molar-refractivity contribution in [1.29, 1.82) is 0 Å². The molecule has 0 saturated carbocycles. The van der Waals surface area contributed by atoms with E-state index in [1.807, 2.05) is 69.1 Å². The number of aryl methyl sites for hydroxylation is 1. The molecule has 20 nitrogen and oxygen atoms in total. The zero-order chi connectivity index (χ0) is 62.1. The molecule has 1 aliphatic heterocycles. The summed E-state index contributed by atoms with van der Waals surface area (Å²) in [5.41, 5.74) is 5.41. The van der Waals surface area contributed by atoms with Crippen LogP contribution in [0.3, 0.4) is 0 Å². The van der Waals surface area contributed by atoms with Crippen LogP contribution in [0.5, 0.6) is 0 Å². The predicted molar refractivity (Wildman–Crippen MR) is 329 cm³/mol. The van der Waals surface area contributed by atoms with Crippen molar-refractivity contribution < 1.29 is 47.3 Å². The first-order valence-corrected chi connectivity index (χ1v) is 31.0. The molecule has 5 N–H and O–H groups in total. The number of aromatic nitrogens is 6. The number of nitrogens with zero attached hydrogens (tertiary/aromatic N) is 8. The van der Waals surface area contributed by atoms with E-state index in [2.05, 4.69) is 46.4 Å². The van der Waals surface area contributed by atoms with Crippen LogP contribution in [0.15, 0.2) is 90.8 Å². The van der Waals surface area contributed by atoms with Crippen LogP contribution in [0.2, 0.25) is 0 Å². The molecule has 3 aromatic heterocycles. The lowest BCUT2D eigenvalue weighted by atomic mass is 9.85. The first-order valence-electron chi connectivity index (χ1n) is 30.1. The fourth-order valence-corrected chi connectivity index (χ4v) is 11.0. The van der Waals surface area contributed by atoms with Crippen molar-refractivity contribution in [1.82, 2.24) is 55.5 Å². The molecule has 468 valence electrons. The Morgan fingerprint density at radius 1 is 0.793 bits per heavy atom. The first kappa shape index (κ1) is 66.9. The molecule has 0 radical (unpaired) electrons. The molecule has 1 fully saturated rings. The molecule has 0 aliphatic carbocycles. The predicted octanol–water partition coefficient (Wildman–Crippen LogP) is 8.97. The SMILES string of the molecule is Cc1ncsc1-c1ccc(CNC(=O)C2C[C@@H](O)CN2C(=O)[C@@H](NC(=O)CCCCCOCCCCCOCCCCCC(=O)N(C)CCCn2c(CNc3cccc(C(=O)NCc4c(F)cccc4F)c3)nnc2-c2ccncn2)C(C)(C)C)cc1. The number of anilines is 1.